The summed E-state index contributed by atoms with van der Waals surface area (Å²) in [4.78, 5) is 22.2. The van der Waals surface area contributed by atoms with Gasteiger partial charge in [-0.15, -0.1) is 0 Å². The lowest BCUT2D eigenvalue weighted by molar-refractivity contribution is -0.154. The summed E-state index contributed by atoms with van der Waals surface area (Å²) in [7, 11) is 0. The van der Waals surface area contributed by atoms with Crippen LogP contribution in [0.15, 0.2) is 0 Å². The largest absolute Gasteiger partial charge is 0.462 e. The second kappa shape index (κ2) is 5.63. The maximum absolute atomic E-state index is 11.4. The lowest BCUT2D eigenvalue weighted by Gasteiger charge is -2.39. The van der Waals surface area contributed by atoms with Crippen molar-refractivity contribution in [2.75, 3.05) is 0 Å². The zero-order chi connectivity index (χ0) is 12.3. The topological polar surface area (TPSA) is 55.4 Å². The Kier molecular flexibility index (Phi) is 4.73. The molecule has 0 radical (unpaired) electrons. The standard InChI is InChI=1S/C10H15NO3S2/c1-4-7(15)16-10-8(9(13)11-10)5(2)14-6(3)12/h5,8,10H,4H2,1-3H3,(H,11,13). The first-order valence-corrected chi connectivity index (χ1v) is 6.41. The molecule has 6 heteroatoms. The van der Waals surface area contributed by atoms with Crippen molar-refractivity contribution in [3.05, 3.63) is 0 Å². The Hall–Kier alpha value is -0.620. The number of thiocarbonyl (C=S) groups is 1. The molecule has 1 aliphatic rings. The molecule has 1 saturated heterocycles. The lowest BCUT2D eigenvalue weighted by Crippen LogP contribution is -2.61. The number of amides is 1. The van der Waals surface area contributed by atoms with Crippen LogP contribution in [0.5, 0.6) is 0 Å². The zero-order valence-corrected chi connectivity index (χ0v) is 11.1. The number of rotatable bonds is 4. The first-order chi connectivity index (χ1) is 7.45. The Balaban J connectivity index is 2.53. The molecule has 0 spiro atoms. The van der Waals surface area contributed by atoms with E-state index in [9.17, 15) is 9.59 Å². The van der Waals surface area contributed by atoms with Crippen molar-refractivity contribution in [3.8, 4) is 0 Å². The summed E-state index contributed by atoms with van der Waals surface area (Å²) in [5.41, 5.74) is 0. The zero-order valence-electron chi connectivity index (χ0n) is 9.48. The number of ether oxygens (including phenoxy) is 1. The lowest BCUT2D eigenvalue weighted by atomic mass is 9.96. The van der Waals surface area contributed by atoms with E-state index >= 15 is 0 Å². The third-order valence-electron chi connectivity index (χ3n) is 2.32. The molecule has 1 fully saturated rings. The van der Waals surface area contributed by atoms with E-state index in [1.807, 2.05) is 6.92 Å². The van der Waals surface area contributed by atoms with Crippen LogP contribution in [0, 0.1) is 5.92 Å². The molecular formula is C10H15NO3S2. The van der Waals surface area contributed by atoms with Gasteiger partial charge in [0.05, 0.1) is 5.37 Å². The third-order valence-corrected chi connectivity index (χ3v) is 4.11. The second-order valence-corrected chi connectivity index (χ2v) is 5.60. The molecule has 0 saturated carbocycles. The van der Waals surface area contributed by atoms with Crippen LogP contribution in [0.3, 0.4) is 0 Å². The van der Waals surface area contributed by atoms with Crippen molar-refractivity contribution in [2.45, 2.75) is 38.7 Å². The second-order valence-electron chi connectivity index (χ2n) is 3.61. The molecule has 0 aromatic heterocycles. The van der Waals surface area contributed by atoms with Crippen LogP contribution < -0.4 is 5.32 Å². The monoisotopic (exact) mass is 261 g/mol. The van der Waals surface area contributed by atoms with Gasteiger partial charge in [0.15, 0.2) is 0 Å². The first kappa shape index (κ1) is 13.4. The number of hydrogen-bond donors (Lipinski definition) is 1. The highest BCUT2D eigenvalue weighted by Gasteiger charge is 2.45. The molecule has 0 bridgehead atoms. The number of nitrogens with one attached hydrogen (secondary N) is 1. The summed E-state index contributed by atoms with van der Waals surface area (Å²) in [5.74, 6) is -0.738. The number of carbonyl (C=O) groups is 2. The Morgan fingerprint density at radius 1 is 1.69 bits per heavy atom. The Labute approximate surface area is 104 Å². The van der Waals surface area contributed by atoms with Gasteiger partial charge in [-0.05, 0) is 13.3 Å². The van der Waals surface area contributed by atoms with E-state index < -0.39 is 6.10 Å². The van der Waals surface area contributed by atoms with Gasteiger partial charge in [0.1, 0.15) is 12.0 Å². The molecule has 3 atom stereocenters. The summed E-state index contributed by atoms with van der Waals surface area (Å²) in [5, 5.41) is 2.70. The van der Waals surface area contributed by atoms with E-state index in [-0.39, 0.29) is 23.2 Å². The number of carbonyl (C=O) groups excluding carboxylic acids is 2. The van der Waals surface area contributed by atoms with E-state index in [4.69, 9.17) is 17.0 Å². The van der Waals surface area contributed by atoms with Gasteiger partial charge in [0, 0.05) is 11.1 Å². The summed E-state index contributed by atoms with van der Waals surface area (Å²) in [6.07, 6.45) is 0.393. The highest BCUT2D eigenvalue weighted by molar-refractivity contribution is 8.23. The number of thioether (sulfide) groups is 1. The molecule has 1 aliphatic heterocycles. The van der Waals surface area contributed by atoms with Crippen molar-refractivity contribution >= 4 is 40.1 Å². The van der Waals surface area contributed by atoms with Crippen molar-refractivity contribution in [3.63, 3.8) is 0 Å². The van der Waals surface area contributed by atoms with Gasteiger partial charge in [0.2, 0.25) is 5.91 Å². The smallest absolute Gasteiger partial charge is 0.302 e. The van der Waals surface area contributed by atoms with Crippen molar-refractivity contribution in [2.24, 2.45) is 5.92 Å². The van der Waals surface area contributed by atoms with E-state index in [0.717, 1.165) is 10.6 Å². The van der Waals surface area contributed by atoms with Gasteiger partial charge in [-0.25, -0.2) is 0 Å². The molecule has 0 aromatic carbocycles. The van der Waals surface area contributed by atoms with Gasteiger partial charge in [0.25, 0.3) is 0 Å². The van der Waals surface area contributed by atoms with Crippen LogP contribution in [0.4, 0.5) is 0 Å². The predicted octanol–water partition coefficient (Wildman–Crippen LogP) is 1.48. The van der Waals surface area contributed by atoms with Gasteiger partial charge in [-0.1, -0.05) is 30.9 Å². The molecule has 4 nitrogen and oxygen atoms in total. The molecule has 1 heterocycles. The molecule has 1 rings (SSSR count). The van der Waals surface area contributed by atoms with Crippen LogP contribution in [-0.4, -0.2) is 27.6 Å². The van der Waals surface area contributed by atoms with Crippen LogP contribution in [-0.2, 0) is 14.3 Å². The van der Waals surface area contributed by atoms with Gasteiger partial charge in [-0.3, -0.25) is 9.59 Å². The molecule has 3 unspecified atom stereocenters. The van der Waals surface area contributed by atoms with Crippen LogP contribution in [0.1, 0.15) is 27.2 Å². The Bertz CT molecular complexity index is 319. The fourth-order valence-electron chi connectivity index (χ4n) is 1.49. The summed E-state index contributed by atoms with van der Waals surface area (Å²) < 4.78 is 5.87. The SMILES string of the molecule is CCC(=S)SC1NC(=O)C1C(C)OC(C)=O. The van der Waals surface area contributed by atoms with E-state index in [1.165, 1.54) is 18.7 Å². The van der Waals surface area contributed by atoms with E-state index in [1.54, 1.807) is 6.92 Å². The molecule has 90 valence electrons. The minimum absolute atomic E-state index is 0.0608. The normalized spacial score (nSPS) is 25.3. The number of hydrogen-bond acceptors (Lipinski definition) is 5. The molecular weight excluding hydrogens is 246 g/mol. The summed E-state index contributed by atoms with van der Waals surface area (Å²) in [6, 6.07) is 0. The Morgan fingerprint density at radius 3 is 2.75 bits per heavy atom. The van der Waals surface area contributed by atoms with Crippen molar-refractivity contribution < 1.29 is 14.3 Å². The fraction of sp³-hybridized carbons (Fsp3) is 0.700. The fourth-order valence-corrected chi connectivity index (χ4v) is 2.92. The van der Waals surface area contributed by atoms with Crippen LogP contribution >= 0.6 is 24.0 Å². The predicted molar refractivity (Wildman–Crippen MR) is 67.1 cm³/mol. The number of esters is 1. The average molecular weight is 261 g/mol. The van der Waals surface area contributed by atoms with Crippen LogP contribution in [0.2, 0.25) is 0 Å². The van der Waals surface area contributed by atoms with Crippen molar-refractivity contribution in [1.82, 2.24) is 5.32 Å². The Morgan fingerprint density at radius 2 is 2.31 bits per heavy atom. The molecule has 1 N–H and O–H groups in total. The minimum atomic E-state index is -0.400. The van der Waals surface area contributed by atoms with Crippen LogP contribution in [0.25, 0.3) is 0 Å². The summed E-state index contributed by atoms with van der Waals surface area (Å²) >= 11 is 6.56. The van der Waals surface area contributed by atoms with E-state index in [2.05, 4.69) is 5.32 Å². The maximum atomic E-state index is 11.4. The summed E-state index contributed by atoms with van der Waals surface area (Å²) in [6.45, 7) is 5.04. The van der Waals surface area contributed by atoms with Gasteiger partial charge in [-0.2, -0.15) is 0 Å². The van der Waals surface area contributed by atoms with Gasteiger partial charge >= 0.3 is 5.97 Å². The van der Waals surface area contributed by atoms with Gasteiger partial charge < -0.3 is 10.1 Å². The van der Waals surface area contributed by atoms with Crippen molar-refractivity contribution in [1.29, 1.82) is 0 Å². The van der Waals surface area contributed by atoms with E-state index in [0.29, 0.717) is 0 Å². The molecule has 1 amide bonds. The number of β-lactam (4-membered cyclic amide) rings is 1. The molecule has 0 aliphatic carbocycles. The average Bonchev–Trinajstić information content (AvgIpc) is 2.14. The third kappa shape index (κ3) is 3.18. The quantitative estimate of drug-likeness (QED) is 0.472. The molecule has 16 heavy (non-hydrogen) atoms. The first-order valence-electron chi connectivity index (χ1n) is 5.12. The highest BCUT2D eigenvalue weighted by atomic mass is 32.2. The minimum Gasteiger partial charge on any atom is -0.462 e. The highest BCUT2D eigenvalue weighted by Crippen LogP contribution is 2.31. The molecule has 0 aromatic rings. The maximum Gasteiger partial charge on any atom is 0.302 e.